The van der Waals surface area contributed by atoms with Crippen LogP contribution in [0.15, 0.2) is 66.3 Å². The summed E-state index contributed by atoms with van der Waals surface area (Å²) < 4.78 is 1.98. The Kier molecular flexibility index (Phi) is 5.14. The average Bonchev–Trinajstić information content (AvgIpc) is 3.30. The molecule has 0 aliphatic carbocycles. The topological polar surface area (TPSA) is 75.5 Å². The maximum absolute atomic E-state index is 12.4. The van der Waals surface area contributed by atoms with Gasteiger partial charge in [-0.2, -0.15) is 0 Å². The summed E-state index contributed by atoms with van der Waals surface area (Å²) in [4.78, 5) is 30.3. The highest BCUT2D eigenvalue weighted by Crippen LogP contribution is 2.23. The number of thiazole rings is 1. The molecule has 29 heavy (non-hydrogen) atoms. The van der Waals surface area contributed by atoms with Gasteiger partial charge in [0.1, 0.15) is 6.04 Å². The fourth-order valence-electron chi connectivity index (χ4n) is 2.97. The molecular formula is C22H20N4O2S. The van der Waals surface area contributed by atoms with Gasteiger partial charge >= 0.3 is 0 Å². The molecule has 0 saturated heterocycles. The molecule has 0 radical (unpaired) electrons. The molecule has 7 heteroatoms. The van der Waals surface area contributed by atoms with E-state index < -0.39 is 6.04 Å². The largest absolute Gasteiger partial charge is 0.341 e. The molecule has 4 aromatic rings. The molecule has 146 valence electrons. The summed E-state index contributed by atoms with van der Waals surface area (Å²) in [5.74, 6) is -0.548. The first-order valence-electron chi connectivity index (χ1n) is 9.20. The van der Waals surface area contributed by atoms with Crippen LogP contribution in [-0.2, 0) is 4.79 Å². The Labute approximate surface area is 172 Å². The van der Waals surface area contributed by atoms with Gasteiger partial charge in [0, 0.05) is 34.6 Å². The lowest BCUT2D eigenvalue weighted by atomic mass is 10.1. The second kappa shape index (κ2) is 7.89. The van der Waals surface area contributed by atoms with Gasteiger partial charge in [0.25, 0.3) is 5.91 Å². The van der Waals surface area contributed by atoms with Gasteiger partial charge in [-0.05, 0) is 38.1 Å². The van der Waals surface area contributed by atoms with Gasteiger partial charge in [0.05, 0.1) is 5.69 Å². The Balaban J connectivity index is 1.38. The van der Waals surface area contributed by atoms with Crippen LogP contribution in [0, 0.1) is 6.92 Å². The molecular weight excluding hydrogens is 384 g/mol. The normalized spacial score (nSPS) is 11.9. The van der Waals surface area contributed by atoms with Crippen molar-refractivity contribution >= 4 is 33.8 Å². The zero-order valence-corrected chi connectivity index (χ0v) is 16.9. The van der Waals surface area contributed by atoms with Crippen LogP contribution in [0.4, 0.5) is 5.69 Å². The number of hydrogen-bond donors (Lipinski definition) is 2. The maximum atomic E-state index is 12.4. The highest BCUT2D eigenvalue weighted by Gasteiger charge is 2.17. The smallest absolute Gasteiger partial charge is 0.251 e. The highest BCUT2D eigenvalue weighted by atomic mass is 32.1. The van der Waals surface area contributed by atoms with Crippen molar-refractivity contribution in [3.8, 4) is 11.3 Å². The standard InChI is InChI=1S/C22H20N4O2S/c1-14-4-3-5-17(12-14)21(28)23-15(2)20(27)24-18-8-6-16(7-9-18)19-13-26-10-11-29-22(26)25-19/h3-13,15H,1-2H3,(H,23,28)(H,24,27)/t15-/m0/s1. The number of imidazole rings is 1. The highest BCUT2D eigenvalue weighted by molar-refractivity contribution is 7.15. The summed E-state index contributed by atoms with van der Waals surface area (Å²) in [6, 6.07) is 14.1. The molecule has 0 bridgehead atoms. The molecule has 2 N–H and O–H groups in total. The molecule has 0 fully saturated rings. The number of fused-ring (bicyclic) bond motifs is 1. The number of nitrogens with one attached hydrogen (secondary N) is 2. The number of aromatic nitrogens is 2. The van der Waals surface area contributed by atoms with E-state index in [4.69, 9.17) is 0 Å². The molecule has 0 aliphatic heterocycles. The number of anilines is 1. The quantitative estimate of drug-likeness (QED) is 0.525. The van der Waals surface area contributed by atoms with Crippen LogP contribution in [-0.4, -0.2) is 27.2 Å². The van der Waals surface area contributed by atoms with Crippen LogP contribution >= 0.6 is 11.3 Å². The molecule has 0 saturated carbocycles. The van der Waals surface area contributed by atoms with E-state index in [1.165, 1.54) is 0 Å². The van der Waals surface area contributed by atoms with Crippen molar-refractivity contribution < 1.29 is 9.59 Å². The molecule has 4 rings (SSSR count). The Bertz CT molecular complexity index is 1150. The molecule has 2 aromatic carbocycles. The third-order valence-corrected chi connectivity index (χ3v) is 5.33. The Hall–Kier alpha value is -3.45. The number of aryl methyl sites for hydroxylation is 1. The van der Waals surface area contributed by atoms with E-state index in [2.05, 4.69) is 15.6 Å². The van der Waals surface area contributed by atoms with Crippen LogP contribution in [0.1, 0.15) is 22.8 Å². The van der Waals surface area contributed by atoms with Crippen LogP contribution in [0.3, 0.4) is 0 Å². The van der Waals surface area contributed by atoms with Gasteiger partial charge < -0.3 is 10.6 Å². The van der Waals surface area contributed by atoms with Crippen LogP contribution in [0.25, 0.3) is 16.2 Å². The summed E-state index contributed by atoms with van der Waals surface area (Å²) in [6.07, 6.45) is 3.94. The average molecular weight is 404 g/mol. The fraction of sp³-hybridized carbons (Fsp3) is 0.136. The van der Waals surface area contributed by atoms with E-state index in [1.54, 1.807) is 30.4 Å². The Morgan fingerprint density at radius 1 is 1.14 bits per heavy atom. The van der Waals surface area contributed by atoms with Crippen LogP contribution in [0.5, 0.6) is 0 Å². The zero-order valence-electron chi connectivity index (χ0n) is 16.0. The van der Waals surface area contributed by atoms with Crippen molar-refractivity contribution in [2.24, 2.45) is 0 Å². The molecule has 1 atom stereocenters. The minimum Gasteiger partial charge on any atom is -0.341 e. The van der Waals surface area contributed by atoms with Crippen molar-refractivity contribution in [2.75, 3.05) is 5.32 Å². The minimum atomic E-state index is -0.664. The third-order valence-electron chi connectivity index (χ3n) is 4.56. The monoisotopic (exact) mass is 404 g/mol. The minimum absolute atomic E-state index is 0.272. The molecule has 2 heterocycles. The number of rotatable bonds is 5. The molecule has 2 aromatic heterocycles. The van der Waals surface area contributed by atoms with Crippen molar-refractivity contribution in [3.05, 3.63) is 77.4 Å². The molecule has 0 unspecified atom stereocenters. The second-order valence-corrected chi connectivity index (χ2v) is 7.72. The van der Waals surface area contributed by atoms with E-state index in [0.29, 0.717) is 11.3 Å². The van der Waals surface area contributed by atoms with Crippen molar-refractivity contribution in [2.45, 2.75) is 19.9 Å². The molecule has 0 spiro atoms. The summed E-state index contributed by atoms with van der Waals surface area (Å²) in [7, 11) is 0. The fourth-order valence-corrected chi connectivity index (χ4v) is 3.67. The number of carbonyl (C=O) groups is 2. The maximum Gasteiger partial charge on any atom is 0.251 e. The van der Waals surface area contributed by atoms with Gasteiger partial charge in [-0.25, -0.2) is 4.98 Å². The lowest BCUT2D eigenvalue weighted by molar-refractivity contribution is -0.117. The molecule has 0 aliphatic rings. The van der Waals surface area contributed by atoms with E-state index in [0.717, 1.165) is 21.8 Å². The van der Waals surface area contributed by atoms with Gasteiger partial charge in [-0.15, -0.1) is 11.3 Å². The zero-order chi connectivity index (χ0) is 20.4. The Morgan fingerprint density at radius 2 is 1.93 bits per heavy atom. The number of amides is 2. The van der Waals surface area contributed by atoms with Gasteiger partial charge in [-0.1, -0.05) is 29.8 Å². The third kappa shape index (κ3) is 4.20. The van der Waals surface area contributed by atoms with Crippen molar-refractivity contribution in [3.63, 3.8) is 0 Å². The lowest BCUT2D eigenvalue weighted by Gasteiger charge is -2.14. The number of benzene rings is 2. The van der Waals surface area contributed by atoms with E-state index in [9.17, 15) is 9.59 Å². The summed E-state index contributed by atoms with van der Waals surface area (Å²) in [5, 5.41) is 7.55. The van der Waals surface area contributed by atoms with Gasteiger partial charge in [0.15, 0.2) is 4.96 Å². The van der Waals surface area contributed by atoms with Gasteiger partial charge in [0.2, 0.25) is 5.91 Å². The first kappa shape index (κ1) is 18.9. The molecule has 2 amide bonds. The first-order chi connectivity index (χ1) is 14.0. The predicted molar refractivity (Wildman–Crippen MR) is 115 cm³/mol. The van der Waals surface area contributed by atoms with Gasteiger partial charge in [-0.3, -0.25) is 14.0 Å². The SMILES string of the molecule is Cc1cccc(C(=O)N[C@@H](C)C(=O)Nc2ccc(-c3cn4ccsc4n3)cc2)c1. The van der Waals surface area contributed by atoms with Crippen molar-refractivity contribution in [1.82, 2.24) is 14.7 Å². The molecule has 6 nitrogen and oxygen atoms in total. The van der Waals surface area contributed by atoms with E-state index >= 15 is 0 Å². The summed E-state index contributed by atoms with van der Waals surface area (Å²) >= 11 is 1.58. The number of carbonyl (C=O) groups excluding carboxylic acids is 2. The second-order valence-electron chi connectivity index (χ2n) is 6.85. The summed E-state index contributed by atoms with van der Waals surface area (Å²) in [6.45, 7) is 3.58. The number of nitrogens with zero attached hydrogens (tertiary/aromatic N) is 2. The van der Waals surface area contributed by atoms with Crippen LogP contribution < -0.4 is 10.6 Å². The number of hydrogen-bond acceptors (Lipinski definition) is 4. The summed E-state index contributed by atoms with van der Waals surface area (Å²) in [5.41, 5.74) is 4.05. The lowest BCUT2D eigenvalue weighted by Crippen LogP contribution is -2.41. The Morgan fingerprint density at radius 3 is 2.66 bits per heavy atom. The van der Waals surface area contributed by atoms with Crippen LogP contribution in [0.2, 0.25) is 0 Å². The van der Waals surface area contributed by atoms with E-state index in [1.807, 2.05) is 65.5 Å². The van der Waals surface area contributed by atoms with E-state index in [-0.39, 0.29) is 11.8 Å². The van der Waals surface area contributed by atoms with Crippen molar-refractivity contribution in [1.29, 1.82) is 0 Å². The predicted octanol–water partition coefficient (Wildman–Crippen LogP) is 4.13. The first-order valence-corrected chi connectivity index (χ1v) is 10.1.